The van der Waals surface area contributed by atoms with Gasteiger partial charge in [0.2, 0.25) is 10.0 Å². The molecule has 5 nitrogen and oxygen atoms in total. The van der Waals surface area contributed by atoms with Crippen LogP contribution in [-0.2, 0) is 19.9 Å². The van der Waals surface area contributed by atoms with E-state index in [0.29, 0.717) is 19.3 Å². The maximum absolute atomic E-state index is 12.6. The first-order valence-electron chi connectivity index (χ1n) is 7.16. The van der Waals surface area contributed by atoms with Crippen molar-refractivity contribution in [2.75, 3.05) is 18.1 Å². The maximum Gasteiger partial charge on any atom is 0.217 e. The van der Waals surface area contributed by atoms with Gasteiger partial charge >= 0.3 is 0 Å². The minimum absolute atomic E-state index is 0.0625. The van der Waals surface area contributed by atoms with Crippen molar-refractivity contribution in [1.82, 2.24) is 4.31 Å². The van der Waals surface area contributed by atoms with Crippen LogP contribution in [0.2, 0.25) is 0 Å². The fourth-order valence-electron chi connectivity index (χ4n) is 2.80. The van der Waals surface area contributed by atoms with Gasteiger partial charge in [-0.2, -0.15) is 4.31 Å². The Labute approximate surface area is 125 Å². The Bertz CT molecular complexity index is 709. The average molecular weight is 329 g/mol. The molecular formula is C14H19NO4S2. The molecule has 3 rings (SSSR count). The Morgan fingerprint density at radius 2 is 1.76 bits per heavy atom. The van der Waals surface area contributed by atoms with E-state index >= 15 is 0 Å². The monoisotopic (exact) mass is 329 g/mol. The number of rotatable bonds is 3. The van der Waals surface area contributed by atoms with Crippen molar-refractivity contribution in [3.63, 3.8) is 0 Å². The molecule has 1 atom stereocenters. The highest BCUT2D eigenvalue weighted by Crippen LogP contribution is 2.37. The summed E-state index contributed by atoms with van der Waals surface area (Å²) >= 11 is 0. The molecule has 1 aromatic rings. The Morgan fingerprint density at radius 1 is 1.10 bits per heavy atom. The summed E-state index contributed by atoms with van der Waals surface area (Å²) in [6.07, 6.45) is 1.75. The topological polar surface area (TPSA) is 71.5 Å². The van der Waals surface area contributed by atoms with Gasteiger partial charge in [-0.1, -0.05) is 30.3 Å². The first-order chi connectivity index (χ1) is 9.90. The molecule has 0 radical (unpaired) electrons. The average Bonchev–Trinajstić information content (AvgIpc) is 3.26. The summed E-state index contributed by atoms with van der Waals surface area (Å²) in [4.78, 5) is 0. The van der Waals surface area contributed by atoms with E-state index in [9.17, 15) is 16.8 Å². The first-order valence-corrected chi connectivity index (χ1v) is 10.5. The molecule has 2 aliphatic rings. The molecule has 1 aromatic carbocycles. The lowest BCUT2D eigenvalue weighted by molar-refractivity contribution is 0.350. The number of sulfonamides is 1. The molecule has 0 bridgehead atoms. The molecule has 0 N–H and O–H groups in total. The van der Waals surface area contributed by atoms with Gasteiger partial charge in [0.05, 0.1) is 22.8 Å². The van der Waals surface area contributed by atoms with Crippen molar-refractivity contribution in [1.29, 1.82) is 0 Å². The zero-order valence-corrected chi connectivity index (χ0v) is 13.3. The zero-order chi connectivity index (χ0) is 15.1. The van der Waals surface area contributed by atoms with Crippen LogP contribution in [-0.4, -0.2) is 44.4 Å². The van der Waals surface area contributed by atoms with E-state index in [2.05, 4.69) is 0 Å². The Kier molecular flexibility index (Phi) is 3.83. The largest absolute Gasteiger partial charge is 0.229 e. The summed E-state index contributed by atoms with van der Waals surface area (Å²) in [5.74, 6) is -0.0595. The Morgan fingerprint density at radius 3 is 2.38 bits per heavy atom. The van der Waals surface area contributed by atoms with Gasteiger partial charge in [-0.15, -0.1) is 0 Å². The van der Waals surface area contributed by atoms with E-state index in [1.807, 2.05) is 18.2 Å². The molecule has 0 spiro atoms. The Hall–Kier alpha value is -0.920. The smallest absolute Gasteiger partial charge is 0.217 e. The van der Waals surface area contributed by atoms with Crippen LogP contribution in [0.15, 0.2) is 30.3 Å². The summed E-state index contributed by atoms with van der Waals surface area (Å²) in [5.41, 5.74) is 0.757. The van der Waals surface area contributed by atoms with E-state index in [1.54, 1.807) is 12.1 Å². The molecule has 1 saturated heterocycles. The van der Waals surface area contributed by atoms with Crippen LogP contribution in [0.1, 0.15) is 30.9 Å². The lowest BCUT2D eigenvalue weighted by Gasteiger charge is -2.29. The fraction of sp³-hybridized carbons (Fsp3) is 0.571. The molecule has 1 aliphatic carbocycles. The molecule has 116 valence electrons. The van der Waals surface area contributed by atoms with E-state index in [0.717, 1.165) is 5.56 Å². The molecule has 1 unspecified atom stereocenters. The van der Waals surface area contributed by atoms with E-state index < -0.39 is 25.9 Å². The van der Waals surface area contributed by atoms with Crippen molar-refractivity contribution in [3.8, 4) is 0 Å². The SMILES string of the molecule is O=S1(=O)CCCN(S(=O)(=O)C2CC2)C(c2ccccc2)C1. The van der Waals surface area contributed by atoms with Gasteiger partial charge in [0.1, 0.15) is 0 Å². The summed E-state index contributed by atoms with van der Waals surface area (Å²) in [6.45, 7) is 0.289. The molecule has 2 fully saturated rings. The van der Waals surface area contributed by atoms with Gasteiger partial charge in [0, 0.05) is 6.54 Å². The van der Waals surface area contributed by atoms with Crippen molar-refractivity contribution < 1.29 is 16.8 Å². The molecule has 7 heteroatoms. The summed E-state index contributed by atoms with van der Waals surface area (Å²) < 4.78 is 50.9. The van der Waals surface area contributed by atoms with Gasteiger partial charge in [0.25, 0.3) is 0 Å². The highest BCUT2D eigenvalue weighted by atomic mass is 32.2. The molecule has 0 aromatic heterocycles. The first kappa shape index (κ1) is 15.0. The predicted octanol–water partition coefficient (Wildman–Crippen LogP) is 1.34. The second kappa shape index (κ2) is 5.37. The molecule has 1 aliphatic heterocycles. The lowest BCUT2D eigenvalue weighted by Crippen LogP contribution is -2.38. The quantitative estimate of drug-likeness (QED) is 0.839. The standard InChI is InChI=1S/C14H19NO4S2/c16-20(17)10-4-9-15(21(18,19)13-7-8-13)14(11-20)12-5-2-1-3-6-12/h1-3,5-6,13-14H,4,7-11H2. The third kappa shape index (κ3) is 3.14. The van der Waals surface area contributed by atoms with E-state index in [-0.39, 0.29) is 23.3 Å². The molecule has 1 saturated carbocycles. The van der Waals surface area contributed by atoms with Crippen LogP contribution >= 0.6 is 0 Å². The third-order valence-corrected chi connectivity index (χ3v) is 8.19. The van der Waals surface area contributed by atoms with Crippen LogP contribution in [0.25, 0.3) is 0 Å². The van der Waals surface area contributed by atoms with Crippen LogP contribution in [0.4, 0.5) is 0 Å². The van der Waals surface area contributed by atoms with Crippen molar-refractivity contribution in [2.45, 2.75) is 30.6 Å². The number of sulfone groups is 1. The van der Waals surface area contributed by atoms with Crippen LogP contribution < -0.4 is 0 Å². The predicted molar refractivity (Wildman–Crippen MR) is 81.1 cm³/mol. The lowest BCUT2D eigenvalue weighted by atomic mass is 10.1. The van der Waals surface area contributed by atoms with E-state index in [1.165, 1.54) is 4.31 Å². The summed E-state index contributed by atoms with van der Waals surface area (Å²) in [6, 6.07) is 8.49. The second-order valence-electron chi connectivity index (χ2n) is 5.75. The van der Waals surface area contributed by atoms with E-state index in [4.69, 9.17) is 0 Å². The van der Waals surface area contributed by atoms with Crippen molar-refractivity contribution in [2.24, 2.45) is 0 Å². The summed E-state index contributed by atoms with van der Waals surface area (Å²) in [7, 11) is -6.61. The minimum atomic E-state index is -3.39. The van der Waals surface area contributed by atoms with Gasteiger partial charge < -0.3 is 0 Å². The Balaban J connectivity index is 2.03. The number of hydrogen-bond acceptors (Lipinski definition) is 4. The highest BCUT2D eigenvalue weighted by molar-refractivity contribution is 7.91. The van der Waals surface area contributed by atoms with Gasteiger partial charge in [-0.05, 0) is 24.8 Å². The number of nitrogens with zero attached hydrogens (tertiary/aromatic N) is 1. The van der Waals surface area contributed by atoms with Crippen molar-refractivity contribution in [3.05, 3.63) is 35.9 Å². The van der Waals surface area contributed by atoms with Gasteiger partial charge in [-0.3, -0.25) is 0 Å². The minimum Gasteiger partial charge on any atom is -0.229 e. The van der Waals surface area contributed by atoms with Crippen LogP contribution in [0.5, 0.6) is 0 Å². The normalized spacial score (nSPS) is 27.1. The molecule has 1 heterocycles. The zero-order valence-electron chi connectivity index (χ0n) is 11.7. The molecule has 0 amide bonds. The van der Waals surface area contributed by atoms with Crippen LogP contribution in [0.3, 0.4) is 0 Å². The molecule has 21 heavy (non-hydrogen) atoms. The third-order valence-electron chi connectivity index (χ3n) is 4.05. The number of benzene rings is 1. The fourth-order valence-corrected chi connectivity index (χ4v) is 6.54. The second-order valence-corrected chi connectivity index (χ2v) is 10.1. The summed E-state index contributed by atoms with van der Waals surface area (Å²) in [5, 5.41) is -0.315. The van der Waals surface area contributed by atoms with Crippen LogP contribution in [0, 0.1) is 0 Å². The maximum atomic E-state index is 12.6. The number of hydrogen-bond donors (Lipinski definition) is 0. The highest BCUT2D eigenvalue weighted by Gasteiger charge is 2.44. The van der Waals surface area contributed by atoms with Gasteiger partial charge in [0.15, 0.2) is 9.84 Å². The molecular weight excluding hydrogens is 310 g/mol. The van der Waals surface area contributed by atoms with Gasteiger partial charge in [-0.25, -0.2) is 16.8 Å². The van der Waals surface area contributed by atoms with Crippen molar-refractivity contribution >= 4 is 19.9 Å².